The number of hydrogen-bond acceptors (Lipinski definition) is 6. The summed E-state index contributed by atoms with van der Waals surface area (Å²) in [6.07, 6.45) is 1.91. The van der Waals surface area contributed by atoms with Crippen LogP contribution in [0.2, 0.25) is 0 Å². The van der Waals surface area contributed by atoms with E-state index in [1.165, 1.54) is 16.7 Å². The van der Waals surface area contributed by atoms with E-state index < -0.39 is 0 Å². The molecule has 2 fully saturated rings. The molecule has 0 atom stereocenters. The summed E-state index contributed by atoms with van der Waals surface area (Å²) >= 11 is 6.57. The summed E-state index contributed by atoms with van der Waals surface area (Å²) in [7, 11) is 1.71. The Bertz CT molecular complexity index is 891. The second-order valence-electron chi connectivity index (χ2n) is 5.93. The lowest BCUT2D eigenvalue weighted by molar-refractivity contribution is -0.121. The molecule has 1 aromatic carbocycles. The number of para-hydroxylation sites is 1. The third kappa shape index (κ3) is 3.15. The minimum Gasteiger partial charge on any atom is -0.378 e. The van der Waals surface area contributed by atoms with Crippen LogP contribution in [-0.2, 0) is 9.53 Å². The molecular formula is C18H17N3O2S2. The number of hydrogen-bond donors (Lipinski definition) is 0. The van der Waals surface area contributed by atoms with Crippen LogP contribution in [0, 0.1) is 0 Å². The van der Waals surface area contributed by atoms with Crippen molar-refractivity contribution in [2.45, 2.75) is 0 Å². The second-order valence-corrected chi connectivity index (χ2v) is 7.61. The van der Waals surface area contributed by atoms with Gasteiger partial charge in [-0.15, -0.1) is 0 Å². The number of anilines is 1. The van der Waals surface area contributed by atoms with Crippen LogP contribution in [0.5, 0.6) is 0 Å². The Labute approximate surface area is 155 Å². The van der Waals surface area contributed by atoms with E-state index in [2.05, 4.69) is 11.0 Å². The smallest absolute Gasteiger partial charge is 0.265 e. The zero-order chi connectivity index (χ0) is 17.4. The maximum atomic E-state index is 12.4. The Hall–Kier alpha value is -1.96. The maximum absolute atomic E-state index is 12.4. The number of amides is 1. The van der Waals surface area contributed by atoms with Crippen molar-refractivity contribution >= 4 is 57.0 Å². The highest BCUT2D eigenvalue weighted by Crippen LogP contribution is 2.34. The van der Waals surface area contributed by atoms with Gasteiger partial charge in [0.2, 0.25) is 0 Å². The van der Waals surface area contributed by atoms with E-state index in [1.54, 1.807) is 7.05 Å². The van der Waals surface area contributed by atoms with Crippen LogP contribution in [0.4, 0.5) is 5.82 Å². The van der Waals surface area contributed by atoms with Crippen molar-refractivity contribution < 1.29 is 9.53 Å². The van der Waals surface area contributed by atoms with Gasteiger partial charge >= 0.3 is 0 Å². The van der Waals surface area contributed by atoms with Gasteiger partial charge in [-0.2, -0.15) is 0 Å². The third-order valence-electron chi connectivity index (χ3n) is 4.32. The number of fused-ring (bicyclic) bond motifs is 1. The van der Waals surface area contributed by atoms with Crippen LogP contribution in [-0.4, -0.2) is 53.5 Å². The van der Waals surface area contributed by atoms with Gasteiger partial charge in [0.05, 0.1) is 23.6 Å². The fraction of sp³-hybridized carbons (Fsp3) is 0.278. The molecule has 0 N–H and O–H groups in total. The average molecular weight is 371 g/mol. The number of carbonyl (C=O) groups is 1. The summed E-state index contributed by atoms with van der Waals surface area (Å²) < 4.78 is 6.04. The minimum atomic E-state index is -0.0592. The molecule has 0 aliphatic carbocycles. The molecule has 2 saturated heterocycles. The van der Waals surface area contributed by atoms with Crippen LogP contribution in [0.3, 0.4) is 0 Å². The van der Waals surface area contributed by atoms with Crippen molar-refractivity contribution in [3.8, 4) is 0 Å². The van der Waals surface area contributed by atoms with E-state index in [-0.39, 0.29) is 5.91 Å². The normalized spacial score (nSPS) is 20.1. The Morgan fingerprint density at radius 2 is 2.04 bits per heavy atom. The van der Waals surface area contributed by atoms with E-state index in [0.717, 1.165) is 35.4 Å². The predicted molar refractivity (Wildman–Crippen MR) is 106 cm³/mol. The highest BCUT2D eigenvalue weighted by atomic mass is 32.2. The van der Waals surface area contributed by atoms with Crippen LogP contribution in [0.15, 0.2) is 35.2 Å². The average Bonchev–Trinajstić information content (AvgIpc) is 2.89. The molecule has 2 aromatic rings. The fourth-order valence-electron chi connectivity index (χ4n) is 2.94. The molecule has 128 valence electrons. The van der Waals surface area contributed by atoms with Crippen molar-refractivity contribution in [2.75, 3.05) is 38.3 Å². The van der Waals surface area contributed by atoms with Crippen molar-refractivity contribution in [3.05, 3.63) is 40.8 Å². The van der Waals surface area contributed by atoms with Gasteiger partial charge < -0.3 is 9.64 Å². The molecule has 25 heavy (non-hydrogen) atoms. The van der Waals surface area contributed by atoms with Crippen molar-refractivity contribution in [2.24, 2.45) is 0 Å². The maximum Gasteiger partial charge on any atom is 0.265 e. The summed E-state index contributed by atoms with van der Waals surface area (Å²) in [6.45, 7) is 2.96. The highest BCUT2D eigenvalue weighted by Gasteiger charge is 2.29. The number of thioether (sulfide) groups is 1. The largest absolute Gasteiger partial charge is 0.378 e. The van der Waals surface area contributed by atoms with E-state index >= 15 is 0 Å². The molecule has 3 heterocycles. The standard InChI is InChI=1S/C18H17N3O2S2/c1-20-17(22)15(25-18(20)24)11-13-10-12-4-2-3-5-14(12)19-16(13)21-6-8-23-9-7-21/h2-5,10-11H,6-9H2,1H3. The second kappa shape index (κ2) is 6.74. The number of aromatic nitrogens is 1. The summed E-state index contributed by atoms with van der Waals surface area (Å²) in [5.41, 5.74) is 1.89. The first-order valence-electron chi connectivity index (χ1n) is 8.07. The number of benzene rings is 1. The van der Waals surface area contributed by atoms with Gasteiger partial charge in [0.25, 0.3) is 5.91 Å². The summed E-state index contributed by atoms with van der Waals surface area (Å²) in [5, 5.41) is 1.05. The first-order chi connectivity index (χ1) is 12.1. The first kappa shape index (κ1) is 16.5. The highest BCUT2D eigenvalue weighted by molar-refractivity contribution is 8.26. The monoisotopic (exact) mass is 371 g/mol. The van der Waals surface area contributed by atoms with Gasteiger partial charge in [-0.05, 0) is 18.2 Å². The van der Waals surface area contributed by atoms with Crippen LogP contribution < -0.4 is 4.90 Å². The molecule has 7 heteroatoms. The quantitative estimate of drug-likeness (QED) is 0.598. The molecule has 0 unspecified atom stereocenters. The molecule has 0 saturated carbocycles. The van der Waals surface area contributed by atoms with Gasteiger partial charge in [0.1, 0.15) is 10.1 Å². The SMILES string of the molecule is CN1C(=O)C(=Cc2cc3ccccc3nc2N2CCOCC2)SC1=S. The number of rotatable bonds is 2. The summed E-state index contributed by atoms with van der Waals surface area (Å²) in [5.74, 6) is 0.833. The van der Waals surface area contributed by atoms with Crippen LogP contribution in [0.25, 0.3) is 17.0 Å². The lowest BCUT2D eigenvalue weighted by Crippen LogP contribution is -2.37. The van der Waals surface area contributed by atoms with Crippen molar-refractivity contribution in [3.63, 3.8) is 0 Å². The van der Waals surface area contributed by atoms with Gasteiger partial charge in [-0.3, -0.25) is 9.69 Å². The van der Waals surface area contributed by atoms with E-state index in [1.807, 2.05) is 30.3 Å². The van der Waals surface area contributed by atoms with Gasteiger partial charge in [0, 0.05) is 31.1 Å². The molecular weight excluding hydrogens is 354 g/mol. The molecule has 2 aliphatic heterocycles. The Morgan fingerprint density at radius 3 is 2.76 bits per heavy atom. The summed E-state index contributed by atoms with van der Waals surface area (Å²) in [4.78, 5) is 21.6. The molecule has 1 aromatic heterocycles. The molecule has 0 bridgehead atoms. The molecule has 4 rings (SSSR count). The number of thiocarbonyl (C=S) groups is 1. The number of carbonyl (C=O) groups excluding carboxylic acids is 1. The van der Waals surface area contributed by atoms with Gasteiger partial charge in [-0.25, -0.2) is 4.98 Å². The molecule has 5 nitrogen and oxygen atoms in total. The zero-order valence-electron chi connectivity index (χ0n) is 13.8. The lowest BCUT2D eigenvalue weighted by Gasteiger charge is -2.29. The van der Waals surface area contributed by atoms with Crippen LogP contribution in [0.1, 0.15) is 5.56 Å². The topological polar surface area (TPSA) is 45.7 Å². The van der Waals surface area contributed by atoms with Crippen molar-refractivity contribution in [1.82, 2.24) is 9.88 Å². The number of likely N-dealkylation sites (N-methyl/N-ethyl adjacent to an activating group) is 1. The fourth-order valence-corrected chi connectivity index (χ4v) is 4.11. The molecule has 1 amide bonds. The first-order valence-corrected chi connectivity index (χ1v) is 9.30. The Morgan fingerprint density at radius 1 is 1.28 bits per heavy atom. The van der Waals surface area contributed by atoms with E-state index in [4.69, 9.17) is 21.9 Å². The Kier molecular flexibility index (Phi) is 4.45. The number of nitrogens with zero attached hydrogens (tertiary/aromatic N) is 3. The zero-order valence-corrected chi connectivity index (χ0v) is 15.4. The number of ether oxygens (including phenoxy) is 1. The Balaban J connectivity index is 1.83. The van der Waals surface area contributed by atoms with Crippen molar-refractivity contribution in [1.29, 1.82) is 0 Å². The van der Waals surface area contributed by atoms with E-state index in [9.17, 15) is 4.79 Å². The van der Waals surface area contributed by atoms with E-state index in [0.29, 0.717) is 22.4 Å². The predicted octanol–water partition coefficient (Wildman–Crippen LogP) is 2.90. The van der Waals surface area contributed by atoms with Gasteiger partial charge in [-0.1, -0.05) is 42.2 Å². The number of pyridine rings is 1. The molecule has 0 radical (unpaired) electrons. The number of morpholine rings is 1. The van der Waals surface area contributed by atoms with Gasteiger partial charge in [0.15, 0.2) is 0 Å². The minimum absolute atomic E-state index is 0.0592. The third-order valence-corrected chi connectivity index (χ3v) is 5.80. The molecule has 2 aliphatic rings. The van der Waals surface area contributed by atoms with Crippen LogP contribution >= 0.6 is 24.0 Å². The lowest BCUT2D eigenvalue weighted by atomic mass is 10.1. The summed E-state index contributed by atoms with van der Waals surface area (Å²) in [6, 6.07) is 10.1. The molecule has 0 spiro atoms.